The molecule has 2 atom stereocenters. The summed E-state index contributed by atoms with van der Waals surface area (Å²) in [6.45, 7) is 6.19. The van der Waals surface area contributed by atoms with Crippen molar-refractivity contribution >= 4 is 34.2 Å². The highest BCUT2D eigenvalue weighted by molar-refractivity contribution is 6.30. The zero-order valence-corrected chi connectivity index (χ0v) is 20.4. The number of imidazole rings is 1. The smallest absolute Gasteiger partial charge is 0.243 e. The summed E-state index contributed by atoms with van der Waals surface area (Å²) in [4.78, 5) is 22.0. The highest BCUT2D eigenvalue weighted by Gasteiger charge is 2.42. The van der Waals surface area contributed by atoms with Gasteiger partial charge in [-0.2, -0.15) is 0 Å². The minimum absolute atomic E-state index is 0.0740. The van der Waals surface area contributed by atoms with E-state index in [9.17, 15) is 9.18 Å². The maximum atomic E-state index is 14.6. The molecule has 1 saturated heterocycles. The summed E-state index contributed by atoms with van der Waals surface area (Å²) in [6, 6.07) is 10.8. The van der Waals surface area contributed by atoms with Gasteiger partial charge in [-0.25, -0.2) is 9.37 Å². The zero-order valence-electron chi connectivity index (χ0n) is 19.7. The molecule has 1 aromatic heterocycles. The third kappa shape index (κ3) is 4.05. The summed E-state index contributed by atoms with van der Waals surface area (Å²) in [6.07, 6.45) is 5.39. The maximum absolute atomic E-state index is 14.6. The van der Waals surface area contributed by atoms with Crippen LogP contribution in [0.2, 0.25) is 5.02 Å². The van der Waals surface area contributed by atoms with Crippen LogP contribution in [0.3, 0.4) is 0 Å². The molecule has 1 aliphatic heterocycles. The summed E-state index contributed by atoms with van der Waals surface area (Å²) in [5.74, 6) is -0.225. The molecule has 2 heterocycles. The fourth-order valence-electron chi connectivity index (χ4n) is 5.51. The first kappa shape index (κ1) is 23.1. The Balaban J connectivity index is 1.37. The molecule has 34 heavy (non-hydrogen) atoms. The predicted octanol–water partition coefficient (Wildman–Crippen LogP) is 4.75. The van der Waals surface area contributed by atoms with Gasteiger partial charge in [-0.1, -0.05) is 30.5 Å². The van der Waals surface area contributed by atoms with Crippen LogP contribution in [0.4, 0.5) is 10.1 Å². The molecule has 2 aromatic carbocycles. The van der Waals surface area contributed by atoms with Gasteiger partial charge in [0.15, 0.2) is 0 Å². The SMILES string of the molecule is CC1CN(c2ccc3ncn(C(C)c4ccc(Cl)cc4F)c3c2)CCN1C(=O)C1(N)CCCC1. The molecule has 5 rings (SSSR count). The van der Waals surface area contributed by atoms with Gasteiger partial charge in [0.2, 0.25) is 5.91 Å². The van der Waals surface area contributed by atoms with Crippen LogP contribution in [-0.2, 0) is 4.79 Å². The number of piperazine rings is 1. The first-order valence-electron chi connectivity index (χ1n) is 12.0. The van der Waals surface area contributed by atoms with E-state index in [-0.39, 0.29) is 23.8 Å². The number of halogens is 2. The van der Waals surface area contributed by atoms with Gasteiger partial charge in [0, 0.05) is 41.9 Å². The lowest BCUT2D eigenvalue weighted by Gasteiger charge is -2.43. The van der Waals surface area contributed by atoms with E-state index in [0.717, 1.165) is 55.5 Å². The van der Waals surface area contributed by atoms with E-state index in [1.165, 1.54) is 6.07 Å². The molecule has 2 N–H and O–H groups in total. The lowest BCUT2D eigenvalue weighted by atomic mass is 9.95. The van der Waals surface area contributed by atoms with Gasteiger partial charge in [-0.3, -0.25) is 4.79 Å². The Morgan fingerprint density at radius 1 is 1.21 bits per heavy atom. The van der Waals surface area contributed by atoms with Crippen molar-refractivity contribution in [2.75, 3.05) is 24.5 Å². The second-order valence-corrected chi connectivity index (χ2v) is 10.3. The molecule has 3 aromatic rings. The fourth-order valence-corrected chi connectivity index (χ4v) is 5.67. The van der Waals surface area contributed by atoms with Crippen LogP contribution in [0.5, 0.6) is 0 Å². The van der Waals surface area contributed by atoms with E-state index in [1.807, 2.05) is 22.5 Å². The Morgan fingerprint density at radius 3 is 2.68 bits per heavy atom. The number of amides is 1. The number of aromatic nitrogens is 2. The number of fused-ring (bicyclic) bond motifs is 1. The van der Waals surface area contributed by atoms with E-state index in [2.05, 4.69) is 28.9 Å². The van der Waals surface area contributed by atoms with Crippen molar-refractivity contribution < 1.29 is 9.18 Å². The van der Waals surface area contributed by atoms with Crippen LogP contribution >= 0.6 is 11.6 Å². The molecule has 1 aliphatic carbocycles. The fraction of sp³-hybridized carbons (Fsp3) is 0.462. The molecular weight excluding hydrogens is 453 g/mol. The normalized spacial score (nSPS) is 21.3. The van der Waals surface area contributed by atoms with E-state index in [1.54, 1.807) is 18.5 Å². The van der Waals surface area contributed by atoms with Crippen molar-refractivity contribution in [1.82, 2.24) is 14.5 Å². The summed E-state index contributed by atoms with van der Waals surface area (Å²) in [5.41, 5.74) is 9.21. The van der Waals surface area contributed by atoms with Crippen molar-refractivity contribution in [3.05, 3.63) is 59.1 Å². The number of carbonyl (C=O) groups is 1. The highest BCUT2D eigenvalue weighted by Crippen LogP contribution is 2.32. The van der Waals surface area contributed by atoms with Gasteiger partial charge in [0.05, 0.1) is 28.9 Å². The average molecular weight is 484 g/mol. The minimum Gasteiger partial charge on any atom is -0.368 e. The molecule has 0 bridgehead atoms. The number of hydrogen-bond donors (Lipinski definition) is 1. The van der Waals surface area contributed by atoms with Crippen LogP contribution in [0, 0.1) is 5.82 Å². The van der Waals surface area contributed by atoms with Crippen molar-refractivity contribution in [3.8, 4) is 0 Å². The first-order chi connectivity index (χ1) is 16.3. The molecule has 6 nitrogen and oxygen atoms in total. The lowest BCUT2D eigenvalue weighted by molar-refractivity contribution is -0.139. The molecule has 2 fully saturated rings. The summed E-state index contributed by atoms with van der Waals surface area (Å²) >= 11 is 5.94. The highest BCUT2D eigenvalue weighted by atomic mass is 35.5. The minimum atomic E-state index is -0.686. The standard InChI is InChI=1S/C26H31ClFN5O/c1-17-15-31(11-12-32(17)25(34)26(29)9-3-4-10-26)20-6-8-23-24(14-20)33(16-30-23)18(2)21-7-5-19(27)13-22(21)28/h5-8,13-14,16-18H,3-4,9-12,15,29H2,1-2H3. The number of anilines is 1. The molecule has 2 unspecified atom stereocenters. The molecule has 1 saturated carbocycles. The van der Waals surface area contributed by atoms with Crippen molar-refractivity contribution in [2.24, 2.45) is 5.73 Å². The quantitative estimate of drug-likeness (QED) is 0.581. The van der Waals surface area contributed by atoms with Crippen LogP contribution in [0.25, 0.3) is 11.0 Å². The summed E-state index contributed by atoms with van der Waals surface area (Å²) in [7, 11) is 0. The van der Waals surface area contributed by atoms with Gasteiger partial charge in [-0.15, -0.1) is 0 Å². The Kier molecular flexibility index (Phi) is 6.02. The van der Waals surface area contributed by atoms with E-state index < -0.39 is 5.54 Å². The average Bonchev–Trinajstić information content (AvgIpc) is 3.45. The molecule has 2 aliphatic rings. The summed E-state index contributed by atoms with van der Waals surface area (Å²) in [5, 5.41) is 0.381. The number of hydrogen-bond acceptors (Lipinski definition) is 4. The second kappa shape index (κ2) is 8.86. The molecular formula is C26H31ClFN5O. The van der Waals surface area contributed by atoms with E-state index >= 15 is 0 Å². The molecule has 8 heteroatoms. The topological polar surface area (TPSA) is 67.4 Å². The second-order valence-electron chi connectivity index (χ2n) is 9.82. The van der Waals surface area contributed by atoms with Crippen molar-refractivity contribution in [1.29, 1.82) is 0 Å². The van der Waals surface area contributed by atoms with Crippen LogP contribution in [-0.4, -0.2) is 51.6 Å². The van der Waals surface area contributed by atoms with Gasteiger partial charge in [0.25, 0.3) is 0 Å². The van der Waals surface area contributed by atoms with Gasteiger partial charge >= 0.3 is 0 Å². The van der Waals surface area contributed by atoms with Crippen LogP contribution in [0.1, 0.15) is 51.1 Å². The van der Waals surface area contributed by atoms with Crippen molar-refractivity contribution in [2.45, 2.75) is 57.2 Å². The molecule has 0 radical (unpaired) electrons. The zero-order chi connectivity index (χ0) is 24.0. The Hall–Kier alpha value is -2.64. The van der Waals surface area contributed by atoms with Gasteiger partial charge in [0.1, 0.15) is 5.82 Å². The third-order valence-electron chi connectivity index (χ3n) is 7.56. The van der Waals surface area contributed by atoms with E-state index in [0.29, 0.717) is 17.1 Å². The maximum Gasteiger partial charge on any atom is 0.243 e. The lowest BCUT2D eigenvalue weighted by Crippen LogP contribution is -2.61. The summed E-state index contributed by atoms with van der Waals surface area (Å²) < 4.78 is 16.6. The first-order valence-corrected chi connectivity index (χ1v) is 12.4. The monoisotopic (exact) mass is 483 g/mol. The third-order valence-corrected chi connectivity index (χ3v) is 7.80. The van der Waals surface area contributed by atoms with Gasteiger partial charge in [-0.05, 0) is 57.0 Å². The number of rotatable bonds is 4. The van der Waals surface area contributed by atoms with Gasteiger partial charge < -0.3 is 20.1 Å². The van der Waals surface area contributed by atoms with Crippen LogP contribution in [0.15, 0.2) is 42.7 Å². The number of nitrogens with two attached hydrogens (primary N) is 1. The number of nitrogens with zero attached hydrogens (tertiary/aromatic N) is 4. The largest absolute Gasteiger partial charge is 0.368 e. The van der Waals surface area contributed by atoms with E-state index in [4.69, 9.17) is 17.3 Å². The number of benzene rings is 2. The van der Waals surface area contributed by atoms with Crippen molar-refractivity contribution in [3.63, 3.8) is 0 Å². The predicted molar refractivity (Wildman–Crippen MR) is 134 cm³/mol. The Morgan fingerprint density at radius 2 is 1.97 bits per heavy atom. The Bertz CT molecular complexity index is 1220. The molecule has 0 spiro atoms. The molecule has 180 valence electrons. The van der Waals surface area contributed by atoms with Crippen LogP contribution < -0.4 is 10.6 Å². The molecule has 1 amide bonds. The number of carbonyl (C=O) groups excluding carboxylic acids is 1. The Labute approximate surface area is 204 Å².